The fourth-order valence-corrected chi connectivity index (χ4v) is 1.99. The van der Waals surface area contributed by atoms with Gasteiger partial charge in [0.25, 0.3) is 0 Å². The first-order valence-corrected chi connectivity index (χ1v) is 5.43. The van der Waals surface area contributed by atoms with Crippen LogP contribution in [0.25, 0.3) is 0 Å². The lowest BCUT2D eigenvalue weighted by molar-refractivity contribution is 0.274. The Bertz CT molecular complexity index is 300. The maximum Gasteiger partial charge on any atom is 0.0465 e. The summed E-state index contributed by atoms with van der Waals surface area (Å²) >= 11 is 0. The van der Waals surface area contributed by atoms with Crippen molar-refractivity contribution in [1.29, 1.82) is 0 Å². The van der Waals surface area contributed by atoms with Gasteiger partial charge < -0.3 is 5.11 Å². The van der Waals surface area contributed by atoms with Crippen LogP contribution in [0.2, 0.25) is 0 Å². The molecule has 1 N–H and O–H groups in total. The van der Waals surface area contributed by atoms with Crippen LogP contribution in [0.5, 0.6) is 0 Å². The third-order valence-electron chi connectivity index (χ3n) is 3.19. The second-order valence-corrected chi connectivity index (χ2v) is 4.61. The monoisotopic (exact) mass is 190 g/mol. The molecule has 0 radical (unpaired) electrons. The topological polar surface area (TPSA) is 20.2 Å². The molecule has 0 bridgehead atoms. The van der Waals surface area contributed by atoms with E-state index in [0.717, 1.165) is 6.42 Å². The molecule has 0 saturated heterocycles. The lowest BCUT2D eigenvalue weighted by Crippen LogP contribution is -1.90. The molecule has 0 aliphatic heterocycles. The van der Waals surface area contributed by atoms with Gasteiger partial charge in [-0.15, -0.1) is 0 Å². The summed E-state index contributed by atoms with van der Waals surface area (Å²) in [5, 5.41) is 8.98. The predicted molar refractivity (Wildman–Crippen MR) is 58.5 cm³/mol. The van der Waals surface area contributed by atoms with Gasteiger partial charge in [0.1, 0.15) is 0 Å². The molecule has 2 atom stereocenters. The number of aliphatic hydroxyl groups excluding tert-OH is 1. The number of aliphatic hydroxyl groups is 1. The molecule has 0 amide bonds. The van der Waals surface area contributed by atoms with Crippen LogP contribution in [-0.2, 0) is 0 Å². The van der Waals surface area contributed by atoms with Crippen molar-refractivity contribution in [2.75, 3.05) is 6.61 Å². The molecule has 76 valence electrons. The van der Waals surface area contributed by atoms with Gasteiger partial charge in [-0.1, -0.05) is 38.1 Å². The fraction of sp³-hybridized carbons (Fsp3) is 0.538. The van der Waals surface area contributed by atoms with Crippen molar-refractivity contribution in [3.63, 3.8) is 0 Å². The van der Waals surface area contributed by atoms with E-state index in [1.54, 1.807) is 0 Å². The Morgan fingerprint density at radius 3 is 2.36 bits per heavy atom. The third kappa shape index (κ3) is 1.83. The Morgan fingerprint density at radius 1 is 1.29 bits per heavy atom. The van der Waals surface area contributed by atoms with Gasteiger partial charge in [0.15, 0.2) is 0 Å². The second kappa shape index (κ2) is 3.74. The van der Waals surface area contributed by atoms with Crippen LogP contribution < -0.4 is 0 Å². The van der Waals surface area contributed by atoms with Gasteiger partial charge in [-0.25, -0.2) is 0 Å². The van der Waals surface area contributed by atoms with Crippen molar-refractivity contribution < 1.29 is 5.11 Å². The van der Waals surface area contributed by atoms with Crippen molar-refractivity contribution in [2.45, 2.75) is 32.1 Å². The summed E-state index contributed by atoms with van der Waals surface area (Å²) in [6.45, 7) is 4.77. The summed E-state index contributed by atoms with van der Waals surface area (Å²) in [5.74, 6) is 1.76. The molecule has 1 heteroatoms. The average Bonchev–Trinajstić information content (AvgIpc) is 2.97. The van der Waals surface area contributed by atoms with E-state index >= 15 is 0 Å². The summed E-state index contributed by atoms with van der Waals surface area (Å²) in [7, 11) is 0. The Balaban J connectivity index is 2.08. The first-order valence-electron chi connectivity index (χ1n) is 5.43. The molecule has 1 aromatic carbocycles. The molecule has 0 spiro atoms. The molecular formula is C13H18O. The van der Waals surface area contributed by atoms with Crippen LogP contribution in [0.3, 0.4) is 0 Å². The SMILES string of the molecule is CC(C)c1ccc([C@H]2C[C@@H]2CO)cc1. The smallest absolute Gasteiger partial charge is 0.0465 e. The van der Waals surface area contributed by atoms with Gasteiger partial charge in [0.2, 0.25) is 0 Å². The van der Waals surface area contributed by atoms with Crippen LogP contribution in [0.15, 0.2) is 24.3 Å². The van der Waals surface area contributed by atoms with Crippen molar-refractivity contribution >= 4 is 0 Å². The largest absolute Gasteiger partial charge is 0.396 e. The zero-order valence-electron chi connectivity index (χ0n) is 8.90. The van der Waals surface area contributed by atoms with E-state index in [-0.39, 0.29) is 0 Å². The van der Waals surface area contributed by atoms with Gasteiger partial charge in [-0.2, -0.15) is 0 Å². The highest BCUT2D eigenvalue weighted by atomic mass is 16.3. The molecule has 1 saturated carbocycles. The molecule has 0 unspecified atom stereocenters. The Morgan fingerprint density at radius 2 is 1.93 bits per heavy atom. The normalized spacial score (nSPS) is 25.4. The van der Waals surface area contributed by atoms with Crippen LogP contribution in [0.1, 0.15) is 43.2 Å². The van der Waals surface area contributed by atoms with E-state index in [9.17, 15) is 0 Å². The lowest BCUT2D eigenvalue weighted by Gasteiger charge is -2.06. The van der Waals surface area contributed by atoms with Gasteiger partial charge >= 0.3 is 0 Å². The van der Waals surface area contributed by atoms with E-state index in [1.807, 2.05) is 0 Å². The first-order chi connectivity index (χ1) is 6.72. The molecule has 1 nitrogen and oxygen atoms in total. The summed E-state index contributed by atoms with van der Waals surface area (Å²) < 4.78 is 0. The average molecular weight is 190 g/mol. The van der Waals surface area contributed by atoms with E-state index in [2.05, 4.69) is 38.1 Å². The Kier molecular flexibility index (Phi) is 2.60. The highest BCUT2D eigenvalue weighted by Gasteiger charge is 2.37. The molecular weight excluding hydrogens is 172 g/mol. The molecule has 14 heavy (non-hydrogen) atoms. The highest BCUT2D eigenvalue weighted by Crippen LogP contribution is 2.46. The van der Waals surface area contributed by atoms with Crippen molar-refractivity contribution in [1.82, 2.24) is 0 Å². The first kappa shape index (κ1) is 9.72. The number of benzene rings is 1. The molecule has 1 aromatic rings. The minimum atomic E-state index is 0.344. The van der Waals surface area contributed by atoms with Crippen LogP contribution in [-0.4, -0.2) is 11.7 Å². The minimum absolute atomic E-state index is 0.344. The molecule has 0 aromatic heterocycles. The zero-order valence-corrected chi connectivity index (χ0v) is 8.90. The van der Waals surface area contributed by atoms with Crippen LogP contribution >= 0.6 is 0 Å². The van der Waals surface area contributed by atoms with E-state index in [4.69, 9.17) is 5.11 Å². The summed E-state index contributed by atoms with van der Waals surface area (Å²) in [5.41, 5.74) is 2.79. The van der Waals surface area contributed by atoms with Crippen LogP contribution in [0.4, 0.5) is 0 Å². The molecule has 1 fully saturated rings. The van der Waals surface area contributed by atoms with Crippen molar-refractivity contribution in [3.05, 3.63) is 35.4 Å². The maximum atomic E-state index is 8.98. The van der Waals surface area contributed by atoms with Gasteiger partial charge in [0.05, 0.1) is 0 Å². The minimum Gasteiger partial charge on any atom is -0.396 e. The van der Waals surface area contributed by atoms with E-state index < -0.39 is 0 Å². The van der Waals surface area contributed by atoms with Crippen molar-refractivity contribution in [2.24, 2.45) is 5.92 Å². The quantitative estimate of drug-likeness (QED) is 0.777. The Labute approximate surface area is 85.8 Å². The fourth-order valence-electron chi connectivity index (χ4n) is 1.99. The Hall–Kier alpha value is -0.820. The van der Waals surface area contributed by atoms with Gasteiger partial charge in [-0.3, -0.25) is 0 Å². The van der Waals surface area contributed by atoms with E-state index in [0.29, 0.717) is 24.4 Å². The predicted octanol–water partition coefficient (Wildman–Crippen LogP) is 2.91. The summed E-state index contributed by atoms with van der Waals surface area (Å²) in [4.78, 5) is 0. The molecule has 0 heterocycles. The highest BCUT2D eigenvalue weighted by molar-refractivity contribution is 5.30. The summed E-state index contributed by atoms with van der Waals surface area (Å²) in [6.07, 6.45) is 1.16. The second-order valence-electron chi connectivity index (χ2n) is 4.61. The van der Waals surface area contributed by atoms with E-state index in [1.165, 1.54) is 11.1 Å². The molecule has 1 aliphatic rings. The summed E-state index contributed by atoms with van der Waals surface area (Å²) in [6, 6.07) is 8.87. The maximum absolute atomic E-state index is 8.98. The van der Waals surface area contributed by atoms with Crippen LogP contribution in [0, 0.1) is 5.92 Å². The zero-order chi connectivity index (χ0) is 10.1. The van der Waals surface area contributed by atoms with Gasteiger partial charge in [0, 0.05) is 6.61 Å². The standard InChI is InChI=1S/C13H18O/c1-9(2)10-3-5-11(6-4-10)13-7-12(13)8-14/h3-6,9,12-14H,7-8H2,1-2H3/t12-,13-/m1/s1. The lowest BCUT2D eigenvalue weighted by atomic mass is 10.00. The van der Waals surface area contributed by atoms with Gasteiger partial charge in [-0.05, 0) is 35.3 Å². The van der Waals surface area contributed by atoms with Crippen molar-refractivity contribution in [3.8, 4) is 0 Å². The number of hydrogen-bond donors (Lipinski definition) is 1. The number of hydrogen-bond acceptors (Lipinski definition) is 1. The third-order valence-corrected chi connectivity index (χ3v) is 3.19. The number of rotatable bonds is 3. The molecule has 1 aliphatic carbocycles. The molecule has 2 rings (SSSR count).